The summed E-state index contributed by atoms with van der Waals surface area (Å²) in [7, 11) is 1.63. The van der Waals surface area contributed by atoms with Gasteiger partial charge in [-0.2, -0.15) is 13.2 Å². The smallest absolute Gasteiger partial charge is 0.403 e. The topological polar surface area (TPSA) is 95.8 Å². The number of methoxy groups -OCH3 is 1. The molecule has 9 nitrogen and oxygen atoms in total. The van der Waals surface area contributed by atoms with Gasteiger partial charge in [-0.15, -0.1) is 5.10 Å². The van der Waals surface area contributed by atoms with Crippen LogP contribution in [0.1, 0.15) is 30.7 Å². The number of allylic oxidation sites excluding steroid dienone is 1. The number of alkyl halides is 3. The number of hydrogen-bond donors (Lipinski definition) is 2. The number of ether oxygens (including phenoxy) is 1. The Morgan fingerprint density at radius 2 is 1.97 bits per heavy atom. The molecule has 176 valence electrons. The molecule has 12 heteroatoms. The summed E-state index contributed by atoms with van der Waals surface area (Å²) in [6.07, 6.45) is -4.66. The van der Waals surface area contributed by atoms with E-state index in [9.17, 15) is 18.0 Å². The Labute approximate surface area is 187 Å². The lowest BCUT2D eigenvalue weighted by Gasteiger charge is -2.34. The molecular formula is C21H23F3N6O3. The second-order valence-corrected chi connectivity index (χ2v) is 8.33. The Morgan fingerprint density at radius 1 is 1.21 bits per heavy atom. The van der Waals surface area contributed by atoms with Crippen LogP contribution in [0.4, 0.5) is 19.2 Å². The van der Waals surface area contributed by atoms with E-state index in [1.165, 1.54) is 0 Å². The van der Waals surface area contributed by atoms with Crippen molar-refractivity contribution in [3.8, 4) is 0 Å². The number of carbonyl (C=O) groups excluding carboxylic acids is 1. The molecule has 0 aliphatic carbocycles. The fourth-order valence-electron chi connectivity index (χ4n) is 4.68. The maximum Gasteiger partial charge on any atom is 0.406 e. The lowest BCUT2D eigenvalue weighted by molar-refractivity contribution is -0.161. The SMILES string of the molecule is COC1CCN(c2nnc(C3=C(C)NC4C(c5ccccc5)C(C(F)(F)F)NN4C3=O)o2)C1. The van der Waals surface area contributed by atoms with E-state index >= 15 is 0 Å². The van der Waals surface area contributed by atoms with E-state index in [1.54, 1.807) is 44.4 Å². The van der Waals surface area contributed by atoms with Crippen molar-refractivity contribution in [2.45, 2.75) is 43.8 Å². The van der Waals surface area contributed by atoms with Gasteiger partial charge in [0.15, 0.2) is 0 Å². The Bertz CT molecular complexity index is 1070. The van der Waals surface area contributed by atoms with Gasteiger partial charge in [0.2, 0.25) is 0 Å². The molecule has 0 spiro atoms. The van der Waals surface area contributed by atoms with Gasteiger partial charge in [-0.25, -0.2) is 10.4 Å². The Balaban J connectivity index is 1.46. The summed E-state index contributed by atoms with van der Waals surface area (Å²) < 4.78 is 52.8. The molecule has 2 fully saturated rings. The van der Waals surface area contributed by atoms with Gasteiger partial charge in [-0.05, 0) is 18.9 Å². The highest BCUT2D eigenvalue weighted by atomic mass is 19.4. The second-order valence-electron chi connectivity index (χ2n) is 8.33. The van der Waals surface area contributed by atoms with Crippen molar-refractivity contribution >= 4 is 17.5 Å². The summed E-state index contributed by atoms with van der Waals surface area (Å²) in [5.74, 6) is -1.75. The number of carbonyl (C=O) groups is 1. The molecule has 1 aromatic carbocycles. The number of benzene rings is 1. The number of fused-ring (bicyclic) bond motifs is 1. The van der Waals surface area contributed by atoms with Gasteiger partial charge in [-0.3, -0.25) is 4.79 Å². The van der Waals surface area contributed by atoms with Crippen LogP contribution in [0.3, 0.4) is 0 Å². The molecule has 4 unspecified atom stereocenters. The summed E-state index contributed by atoms with van der Waals surface area (Å²) in [5, 5.41) is 12.1. The number of amides is 1. The van der Waals surface area contributed by atoms with Crippen molar-refractivity contribution in [3.63, 3.8) is 0 Å². The highest BCUT2D eigenvalue weighted by Gasteiger charge is 2.58. The monoisotopic (exact) mass is 464 g/mol. The maximum absolute atomic E-state index is 13.9. The van der Waals surface area contributed by atoms with Crippen molar-refractivity contribution in [3.05, 3.63) is 47.5 Å². The van der Waals surface area contributed by atoms with E-state index in [0.717, 1.165) is 11.4 Å². The van der Waals surface area contributed by atoms with E-state index in [4.69, 9.17) is 9.15 Å². The summed E-state index contributed by atoms with van der Waals surface area (Å²) in [4.78, 5) is 15.2. The van der Waals surface area contributed by atoms with Gasteiger partial charge in [0, 0.05) is 25.9 Å². The molecule has 1 amide bonds. The zero-order valence-corrected chi connectivity index (χ0v) is 18.0. The predicted molar refractivity (Wildman–Crippen MR) is 110 cm³/mol. The van der Waals surface area contributed by atoms with E-state index in [1.807, 2.05) is 4.90 Å². The van der Waals surface area contributed by atoms with Crippen molar-refractivity contribution in [2.24, 2.45) is 0 Å². The minimum absolute atomic E-state index is 0.0367. The first-order valence-corrected chi connectivity index (χ1v) is 10.6. The number of rotatable bonds is 4. The Hall–Kier alpha value is -3.12. The molecule has 2 aromatic rings. The molecule has 0 radical (unpaired) electrons. The normalized spacial score (nSPS) is 27.8. The molecule has 4 atom stereocenters. The highest BCUT2D eigenvalue weighted by Crippen LogP contribution is 2.42. The van der Waals surface area contributed by atoms with Crippen molar-refractivity contribution in [2.75, 3.05) is 25.1 Å². The molecule has 33 heavy (non-hydrogen) atoms. The summed E-state index contributed by atoms with van der Waals surface area (Å²) in [5.41, 5.74) is 3.25. The van der Waals surface area contributed by atoms with Gasteiger partial charge in [0.25, 0.3) is 11.8 Å². The van der Waals surface area contributed by atoms with Crippen LogP contribution in [0.5, 0.6) is 0 Å². The van der Waals surface area contributed by atoms with Gasteiger partial charge in [-0.1, -0.05) is 35.4 Å². The number of nitrogens with zero attached hydrogens (tertiary/aromatic N) is 4. The average Bonchev–Trinajstić information content (AvgIpc) is 3.52. The number of nitrogens with one attached hydrogen (secondary N) is 2. The lowest BCUT2D eigenvalue weighted by atomic mass is 9.89. The first-order valence-electron chi connectivity index (χ1n) is 10.6. The average molecular weight is 464 g/mol. The predicted octanol–water partition coefficient (Wildman–Crippen LogP) is 2.02. The quantitative estimate of drug-likeness (QED) is 0.710. The van der Waals surface area contributed by atoms with Crippen LogP contribution >= 0.6 is 0 Å². The summed E-state index contributed by atoms with van der Waals surface area (Å²) in [6.45, 7) is 2.85. The van der Waals surface area contributed by atoms with E-state index in [-0.39, 0.29) is 23.6 Å². The first kappa shape index (κ1) is 21.7. The van der Waals surface area contributed by atoms with Crippen molar-refractivity contribution < 1.29 is 27.1 Å². The zero-order chi connectivity index (χ0) is 23.3. The lowest BCUT2D eigenvalue weighted by Crippen LogP contribution is -2.54. The van der Waals surface area contributed by atoms with Crippen LogP contribution in [-0.2, 0) is 9.53 Å². The molecule has 5 rings (SSSR count). The van der Waals surface area contributed by atoms with Crippen LogP contribution in [0.15, 0.2) is 40.4 Å². The van der Waals surface area contributed by atoms with Gasteiger partial charge in [0.05, 0.1) is 12.0 Å². The standard InChI is InChI=1S/C21H23F3N6O3/c1-11-14(18-26-27-20(33-18)29-9-8-13(10-29)32-2)19(31)30-17(25-11)15(12-6-4-3-5-7-12)16(28-30)21(22,23)24/h3-7,13,15-17,25,28H,8-10H2,1-2H3. The molecule has 0 bridgehead atoms. The van der Waals surface area contributed by atoms with Gasteiger partial charge < -0.3 is 19.4 Å². The van der Waals surface area contributed by atoms with Crippen LogP contribution in [0, 0.1) is 0 Å². The number of hydrogen-bond acceptors (Lipinski definition) is 8. The molecular weight excluding hydrogens is 441 g/mol. The molecule has 1 aromatic heterocycles. The third-order valence-electron chi connectivity index (χ3n) is 6.34. The van der Waals surface area contributed by atoms with Crippen LogP contribution in [-0.4, -0.2) is 65.8 Å². The summed E-state index contributed by atoms with van der Waals surface area (Å²) in [6, 6.07) is 6.64. The molecule has 3 aliphatic rings. The molecule has 2 saturated heterocycles. The van der Waals surface area contributed by atoms with Crippen LogP contribution in [0.25, 0.3) is 5.57 Å². The molecule has 4 heterocycles. The number of hydrazine groups is 1. The Kier molecular flexibility index (Phi) is 5.28. The molecule has 3 aliphatic heterocycles. The minimum Gasteiger partial charge on any atom is -0.403 e. The third kappa shape index (κ3) is 3.72. The van der Waals surface area contributed by atoms with E-state index < -0.39 is 30.2 Å². The largest absolute Gasteiger partial charge is 0.406 e. The fourth-order valence-corrected chi connectivity index (χ4v) is 4.68. The Morgan fingerprint density at radius 3 is 2.64 bits per heavy atom. The third-order valence-corrected chi connectivity index (χ3v) is 6.34. The minimum atomic E-state index is -4.57. The summed E-state index contributed by atoms with van der Waals surface area (Å²) >= 11 is 0. The number of aromatic nitrogens is 2. The van der Waals surface area contributed by atoms with Gasteiger partial charge in [0.1, 0.15) is 17.8 Å². The fraction of sp³-hybridized carbons (Fsp3) is 0.476. The highest BCUT2D eigenvalue weighted by molar-refractivity contribution is 6.19. The van der Waals surface area contributed by atoms with Crippen LogP contribution < -0.4 is 15.6 Å². The zero-order valence-electron chi connectivity index (χ0n) is 18.0. The first-order chi connectivity index (χ1) is 15.8. The van der Waals surface area contributed by atoms with Crippen molar-refractivity contribution in [1.82, 2.24) is 25.9 Å². The van der Waals surface area contributed by atoms with E-state index in [2.05, 4.69) is 20.9 Å². The van der Waals surface area contributed by atoms with Crippen LogP contribution in [0.2, 0.25) is 0 Å². The maximum atomic E-state index is 13.9. The second kappa shape index (κ2) is 8.03. The molecule has 0 saturated carbocycles. The van der Waals surface area contributed by atoms with E-state index in [0.29, 0.717) is 24.4 Å². The van der Waals surface area contributed by atoms with Gasteiger partial charge >= 0.3 is 12.2 Å². The van der Waals surface area contributed by atoms with Crippen molar-refractivity contribution in [1.29, 1.82) is 0 Å². The number of anilines is 1. The molecule has 2 N–H and O–H groups in total. The number of halogens is 3.